The van der Waals surface area contributed by atoms with Crippen LogP contribution in [0, 0.1) is 31.6 Å². The Morgan fingerprint density at radius 2 is 1.88 bits per heavy atom. The molecule has 2 aromatic rings. The van der Waals surface area contributed by atoms with Crippen molar-refractivity contribution in [2.45, 2.75) is 89.7 Å². The Hall–Kier alpha value is -4.28. The van der Waals surface area contributed by atoms with Gasteiger partial charge in [-0.2, -0.15) is 0 Å². The summed E-state index contributed by atoms with van der Waals surface area (Å²) in [5, 5.41) is 13.6. The number of likely N-dealkylation sites (tertiary alicyclic amines) is 1. The van der Waals surface area contributed by atoms with Crippen molar-refractivity contribution in [2.75, 3.05) is 24.6 Å². The number of amides is 3. The molecule has 2 bridgehead atoms. The number of hydrogen-bond donors (Lipinski definition) is 2. The average molecular weight is 686 g/mol. The molecule has 1 spiro atoms. The van der Waals surface area contributed by atoms with Crippen molar-refractivity contribution < 1.29 is 33.8 Å². The number of carbonyl (C=O) groups is 4. The second-order valence-corrected chi connectivity index (χ2v) is 14.3. The van der Waals surface area contributed by atoms with Gasteiger partial charge >= 0.3 is 5.97 Å². The Morgan fingerprint density at radius 3 is 2.54 bits per heavy atom. The average Bonchev–Trinajstić information content (AvgIpc) is 3.75. The Balaban J connectivity index is 1.52. The standard InChI is InChI=1S/C40H51N3O7/c1-7-9-15-33(45)41-23-32(28-13-11-10-12-14-28)49-39(48)34-31-18-19-40(50-31)35(34)37(46)43(29(24-44)21-25(3)4)36(40)38(47)42(20-8-2)30-22-26(5)16-17-27(30)6/h7-8,10-14,16-17,22,25,29,31-32,34-36,44H,1-2,9,15,18-21,23-24H2,3-6H3,(H,41,45)/t29-,31-,32+,34+,35+,36-,40+/m1/s1. The number of aliphatic hydroxyl groups is 1. The summed E-state index contributed by atoms with van der Waals surface area (Å²) in [6.45, 7) is 15.4. The van der Waals surface area contributed by atoms with E-state index >= 15 is 4.79 Å². The largest absolute Gasteiger partial charge is 0.455 e. The summed E-state index contributed by atoms with van der Waals surface area (Å²) in [6.07, 6.45) is 3.99. The van der Waals surface area contributed by atoms with Crippen molar-refractivity contribution in [3.8, 4) is 0 Å². The molecule has 2 N–H and O–H groups in total. The number of aryl methyl sites for hydroxylation is 2. The Labute approximate surface area is 295 Å². The maximum atomic E-state index is 15.0. The highest BCUT2D eigenvalue weighted by Crippen LogP contribution is 2.59. The van der Waals surface area contributed by atoms with Gasteiger partial charge in [0.2, 0.25) is 11.8 Å². The fraction of sp³-hybridized carbons (Fsp3) is 0.500. The zero-order chi connectivity index (χ0) is 36.2. The minimum Gasteiger partial charge on any atom is -0.455 e. The Bertz CT molecular complexity index is 1590. The molecule has 50 heavy (non-hydrogen) atoms. The Kier molecular flexibility index (Phi) is 11.6. The van der Waals surface area contributed by atoms with Crippen LogP contribution in [0.5, 0.6) is 0 Å². The van der Waals surface area contributed by atoms with Gasteiger partial charge in [-0.25, -0.2) is 0 Å². The summed E-state index contributed by atoms with van der Waals surface area (Å²) < 4.78 is 12.9. The molecule has 5 rings (SSSR count). The molecule has 2 aromatic carbocycles. The number of nitrogens with zero attached hydrogens (tertiary/aromatic N) is 2. The monoisotopic (exact) mass is 685 g/mol. The van der Waals surface area contributed by atoms with Crippen molar-refractivity contribution in [3.63, 3.8) is 0 Å². The topological polar surface area (TPSA) is 125 Å². The molecule has 3 saturated heterocycles. The van der Waals surface area contributed by atoms with Crippen LogP contribution in [0.25, 0.3) is 0 Å². The summed E-state index contributed by atoms with van der Waals surface area (Å²) >= 11 is 0. The SMILES string of the molecule is C=CCCC(=O)NC[C@H](OC(=O)[C@@H]1[C@H]2C(=O)N([C@@H](CO)CC(C)C)[C@H](C(=O)N(CC=C)c3cc(C)ccc3C)[C@]23CC[C@H]1O3)c1ccccc1. The molecular formula is C40H51N3O7. The molecule has 0 aliphatic carbocycles. The molecule has 3 fully saturated rings. The van der Waals surface area contributed by atoms with Gasteiger partial charge in [0.1, 0.15) is 17.7 Å². The molecule has 10 heteroatoms. The third kappa shape index (κ3) is 7.14. The van der Waals surface area contributed by atoms with Crippen LogP contribution < -0.4 is 10.2 Å². The number of carbonyl (C=O) groups excluding carboxylic acids is 4. The van der Waals surface area contributed by atoms with Gasteiger partial charge in [-0.05, 0) is 68.2 Å². The molecule has 7 atom stereocenters. The molecule has 268 valence electrons. The number of hydrogen-bond acceptors (Lipinski definition) is 7. The van der Waals surface area contributed by atoms with Crippen LogP contribution in [-0.4, -0.2) is 77.2 Å². The molecule has 0 aromatic heterocycles. The van der Waals surface area contributed by atoms with E-state index in [1.165, 1.54) is 4.90 Å². The number of allylic oxidation sites excluding steroid dienone is 1. The highest BCUT2D eigenvalue weighted by atomic mass is 16.6. The zero-order valence-electron chi connectivity index (χ0n) is 29.7. The van der Waals surface area contributed by atoms with Crippen molar-refractivity contribution in [2.24, 2.45) is 17.8 Å². The number of esters is 1. The number of benzene rings is 2. The van der Waals surface area contributed by atoms with Gasteiger partial charge in [0.15, 0.2) is 0 Å². The van der Waals surface area contributed by atoms with E-state index < -0.39 is 47.7 Å². The number of rotatable bonds is 16. The van der Waals surface area contributed by atoms with Gasteiger partial charge in [0.25, 0.3) is 5.91 Å². The first kappa shape index (κ1) is 37.0. The maximum Gasteiger partial charge on any atom is 0.313 e. The van der Waals surface area contributed by atoms with E-state index in [0.717, 1.165) is 11.1 Å². The van der Waals surface area contributed by atoms with E-state index in [2.05, 4.69) is 18.5 Å². The van der Waals surface area contributed by atoms with Crippen LogP contribution in [0.3, 0.4) is 0 Å². The number of nitrogens with one attached hydrogen (secondary N) is 1. The van der Waals surface area contributed by atoms with Gasteiger partial charge in [-0.3, -0.25) is 19.2 Å². The minimum atomic E-state index is -1.29. The molecular weight excluding hydrogens is 634 g/mol. The lowest BCUT2D eigenvalue weighted by molar-refractivity contribution is -0.161. The van der Waals surface area contributed by atoms with E-state index in [1.807, 2.05) is 76.2 Å². The van der Waals surface area contributed by atoms with E-state index in [1.54, 1.807) is 17.1 Å². The van der Waals surface area contributed by atoms with Crippen molar-refractivity contribution in [3.05, 3.63) is 90.5 Å². The summed E-state index contributed by atoms with van der Waals surface area (Å²) in [5.41, 5.74) is 1.98. The second kappa shape index (κ2) is 15.7. The third-order valence-corrected chi connectivity index (χ3v) is 10.3. The fourth-order valence-electron chi connectivity index (χ4n) is 8.09. The quantitative estimate of drug-likeness (QED) is 0.189. The smallest absolute Gasteiger partial charge is 0.313 e. The number of anilines is 1. The van der Waals surface area contributed by atoms with Crippen LogP contribution in [0.4, 0.5) is 5.69 Å². The summed E-state index contributed by atoms with van der Waals surface area (Å²) in [7, 11) is 0. The Morgan fingerprint density at radius 1 is 1.14 bits per heavy atom. The maximum absolute atomic E-state index is 15.0. The third-order valence-electron chi connectivity index (χ3n) is 10.3. The lowest BCUT2D eigenvalue weighted by atomic mass is 9.70. The van der Waals surface area contributed by atoms with Crippen LogP contribution in [0.15, 0.2) is 73.8 Å². The predicted octanol–water partition coefficient (Wildman–Crippen LogP) is 4.97. The second-order valence-electron chi connectivity index (χ2n) is 14.3. The first-order valence-electron chi connectivity index (χ1n) is 17.7. The van der Waals surface area contributed by atoms with E-state index in [0.29, 0.717) is 36.9 Å². The van der Waals surface area contributed by atoms with Gasteiger partial charge in [-0.15, -0.1) is 13.2 Å². The zero-order valence-corrected chi connectivity index (χ0v) is 29.7. The van der Waals surface area contributed by atoms with Crippen LogP contribution in [0.1, 0.15) is 68.7 Å². The molecule has 3 heterocycles. The van der Waals surface area contributed by atoms with Gasteiger partial charge in [0.05, 0.1) is 37.1 Å². The van der Waals surface area contributed by atoms with Crippen molar-refractivity contribution in [1.29, 1.82) is 0 Å². The van der Waals surface area contributed by atoms with Gasteiger partial charge in [-0.1, -0.05) is 68.5 Å². The van der Waals surface area contributed by atoms with Gasteiger partial charge < -0.3 is 29.7 Å². The van der Waals surface area contributed by atoms with Crippen LogP contribution in [-0.2, 0) is 28.7 Å². The molecule has 3 amide bonds. The van der Waals surface area contributed by atoms with Crippen LogP contribution in [0.2, 0.25) is 0 Å². The van der Waals surface area contributed by atoms with Crippen LogP contribution >= 0.6 is 0 Å². The van der Waals surface area contributed by atoms with Crippen molar-refractivity contribution >= 4 is 29.4 Å². The highest BCUT2D eigenvalue weighted by molar-refractivity contribution is 6.05. The molecule has 3 aliphatic rings. The first-order chi connectivity index (χ1) is 24.0. The lowest BCUT2D eigenvalue weighted by Gasteiger charge is -2.40. The molecule has 10 nitrogen and oxygen atoms in total. The molecule has 0 unspecified atom stereocenters. The van der Waals surface area contributed by atoms with Crippen molar-refractivity contribution in [1.82, 2.24) is 10.2 Å². The number of fused-ring (bicyclic) bond motifs is 1. The summed E-state index contributed by atoms with van der Waals surface area (Å²) in [6, 6.07) is 13.3. The molecule has 0 radical (unpaired) electrons. The highest BCUT2D eigenvalue weighted by Gasteiger charge is 2.75. The van der Waals surface area contributed by atoms with E-state index in [-0.39, 0.29) is 49.8 Å². The van der Waals surface area contributed by atoms with E-state index in [9.17, 15) is 19.5 Å². The minimum absolute atomic E-state index is 0.0499. The van der Waals surface area contributed by atoms with E-state index in [4.69, 9.17) is 9.47 Å². The first-order valence-corrected chi connectivity index (χ1v) is 17.7. The lowest BCUT2D eigenvalue weighted by Crippen LogP contribution is -2.59. The van der Waals surface area contributed by atoms with Gasteiger partial charge in [0, 0.05) is 18.7 Å². The predicted molar refractivity (Wildman–Crippen MR) is 191 cm³/mol. The summed E-state index contributed by atoms with van der Waals surface area (Å²) in [5.74, 6) is -3.36. The molecule has 0 saturated carbocycles. The number of aliphatic hydroxyl groups excluding tert-OH is 1. The number of ether oxygens (including phenoxy) is 2. The fourth-order valence-corrected chi connectivity index (χ4v) is 8.09. The summed E-state index contributed by atoms with van der Waals surface area (Å²) in [4.78, 5) is 59.7. The normalized spacial score (nSPS) is 24.8. The molecule has 3 aliphatic heterocycles.